The smallest absolute Gasteiger partial charge is 0.136 e. The lowest BCUT2D eigenvalue weighted by atomic mass is 9.91. The number of halogens is 1. The van der Waals surface area contributed by atoms with Crippen molar-refractivity contribution in [2.24, 2.45) is 0 Å². The average molecular weight is 243 g/mol. The van der Waals surface area contributed by atoms with E-state index in [4.69, 9.17) is 4.74 Å². The fraction of sp³-hybridized carbons (Fsp3) is 0.400. The van der Waals surface area contributed by atoms with Crippen molar-refractivity contribution >= 4 is 15.9 Å². The van der Waals surface area contributed by atoms with Crippen LogP contribution < -0.4 is 0 Å². The number of rotatable bonds is 1. The lowest BCUT2D eigenvalue weighted by Crippen LogP contribution is -2.46. The molecule has 1 N–H and O–H groups in total. The van der Waals surface area contributed by atoms with Gasteiger partial charge in [-0.3, -0.25) is 0 Å². The summed E-state index contributed by atoms with van der Waals surface area (Å²) >= 11 is 3.42. The van der Waals surface area contributed by atoms with E-state index in [0.29, 0.717) is 13.2 Å². The first kappa shape index (κ1) is 9.19. The second-order valence-electron chi connectivity index (χ2n) is 3.49. The van der Waals surface area contributed by atoms with Gasteiger partial charge in [-0.05, 0) is 24.1 Å². The highest BCUT2D eigenvalue weighted by molar-refractivity contribution is 9.10. The zero-order valence-electron chi connectivity index (χ0n) is 7.38. The molecule has 2 rings (SSSR count). The number of benzene rings is 1. The zero-order valence-corrected chi connectivity index (χ0v) is 8.97. The second-order valence-corrected chi connectivity index (χ2v) is 4.34. The Balaban J connectivity index is 2.36. The third kappa shape index (κ3) is 1.52. The minimum absolute atomic E-state index is 0.411. The van der Waals surface area contributed by atoms with E-state index in [9.17, 15) is 5.11 Å². The summed E-state index contributed by atoms with van der Waals surface area (Å²) in [5, 5.41) is 9.96. The van der Waals surface area contributed by atoms with Gasteiger partial charge in [0.1, 0.15) is 5.60 Å². The molecular formula is C10H11BrO2. The van der Waals surface area contributed by atoms with Gasteiger partial charge in [-0.1, -0.05) is 28.1 Å². The van der Waals surface area contributed by atoms with Crippen LogP contribution in [0.25, 0.3) is 0 Å². The van der Waals surface area contributed by atoms with Crippen LogP contribution in [0.3, 0.4) is 0 Å². The van der Waals surface area contributed by atoms with E-state index in [1.165, 1.54) is 0 Å². The highest BCUT2D eigenvalue weighted by Gasteiger charge is 2.37. The summed E-state index contributed by atoms with van der Waals surface area (Å²) in [6, 6.07) is 5.88. The van der Waals surface area contributed by atoms with Crippen molar-refractivity contribution in [3.8, 4) is 0 Å². The number of hydrogen-bond acceptors (Lipinski definition) is 2. The Bertz CT molecular complexity index is 332. The fourth-order valence-corrected chi connectivity index (χ4v) is 1.64. The molecule has 0 aromatic heterocycles. The standard InChI is InChI=1S/C10H11BrO2/c1-7-4-8(2-3-9(7)11)10(12)5-13-6-10/h2-4,12H,5-6H2,1H3. The van der Waals surface area contributed by atoms with Crippen molar-refractivity contribution in [2.45, 2.75) is 12.5 Å². The molecule has 13 heavy (non-hydrogen) atoms. The molecular weight excluding hydrogens is 232 g/mol. The van der Waals surface area contributed by atoms with Gasteiger partial charge in [-0.2, -0.15) is 0 Å². The average Bonchev–Trinajstić information content (AvgIpc) is 2.06. The number of ether oxygens (including phenoxy) is 1. The van der Waals surface area contributed by atoms with Crippen LogP contribution in [-0.2, 0) is 10.3 Å². The molecule has 3 heteroatoms. The zero-order chi connectivity index (χ0) is 9.47. The lowest BCUT2D eigenvalue weighted by molar-refractivity contribution is -0.184. The number of hydrogen-bond donors (Lipinski definition) is 1. The van der Waals surface area contributed by atoms with Crippen LogP contribution in [0.4, 0.5) is 0 Å². The van der Waals surface area contributed by atoms with Crippen molar-refractivity contribution in [1.82, 2.24) is 0 Å². The van der Waals surface area contributed by atoms with E-state index in [2.05, 4.69) is 15.9 Å². The van der Waals surface area contributed by atoms with E-state index in [0.717, 1.165) is 15.6 Å². The van der Waals surface area contributed by atoms with Gasteiger partial charge in [0.25, 0.3) is 0 Å². The molecule has 0 aliphatic carbocycles. The molecule has 0 saturated carbocycles. The van der Waals surface area contributed by atoms with Crippen LogP contribution in [-0.4, -0.2) is 18.3 Å². The summed E-state index contributed by atoms with van der Waals surface area (Å²) in [7, 11) is 0. The van der Waals surface area contributed by atoms with Gasteiger partial charge in [-0.25, -0.2) is 0 Å². The molecule has 1 saturated heterocycles. The Morgan fingerprint density at radius 2 is 2.15 bits per heavy atom. The van der Waals surface area contributed by atoms with Crippen LogP contribution in [0.5, 0.6) is 0 Å². The van der Waals surface area contributed by atoms with Crippen molar-refractivity contribution in [3.63, 3.8) is 0 Å². The normalized spacial score (nSPS) is 19.6. The topological polar surface area (TPSA) is 29.5 Å². The molecule has 1 aliphatic rings. The molecule has 2 nitrogen and oxygen atoms in total. The molecule has 1 aromatic carbocycles. The Morgan fingerprint density at radius 3 is 2.62 bits per heavy atom. The SMILES string of the molecule is Cc1cc(C2(O)COC2)ccc1Br. The van der Waals surface area contributed by atoms with Gasteiger partial charge in [0.2, 0.25) is 0 Å². The molecule has 0 atom stereocenters. The summed E-state index contributed by atoms with van der Waals surface area (Å²) in [6.07, 6.45) is 0. The molecule has 1 heterocycles. The van der Waals surface area contributed by atoms with E-state index in [-0.39, 0.29) is 0 Å². The first-order chi connectivity index (χ1) is 6.12. The molecule has 0 amide bonds. The highest BCUT2D eigenvalue weighted by Crippen LogP contribution is 2.31. The van der Waals surface area contributed by atoms with Crippen molar-refractivity contribution in [1.29, 1.82) is 0 Å². The maximum atomic E-state index is 9.96. The third-order valence-corrected chi connectivity index (χ3v) is 3.27. The summed E-state index contributed by atoms with van der Waals surface area (Å²) in [4.78, 5) is 0. The Morgan fingerprint density at radius 1 is 1.46 bits per heavy atom. The van der Waals surface area contributed by atoms with Crippen molar-refractivity contribution < 1.29 is 9.84 Å². The maximum Gasteiger partial charge on any atom is 0.136 e. The van der Waals surface area contributed by atoms with Crippen LogP contribution >= 0.6 is 15.9 Å². The van der Waals surface area contributed by atoms with E-state index < -0.39 is 5.60 Å². The second kappa shape index (κ2) is 3.08. The predicted molar refractivity (Wildman–Crippen MR) is 53.6 cm³/mol. The minimum atomic E-state index is -0.745. The van der Waals surface area contributed by atoms with Gasteiger partial charge >= 0.3 is 0 Å². The summed E-state index contributed by atoms with van der Waals surface area (Å²) in [5.74, 6) is 0. The van der Waals surface area contributed by atoms with Crippen LogP contribution in [0.1, 0.15) is 11.1 Å². The van der Waals surface area contributed by atoms with E-state index >= 15 is 0 Å². The minimum Gasteiger partial charge on any atom is -0.380 e. The van der Waals surface area contributed by atoms with Gasteiger partial charge in [0, 0.05) is 4.47 Å². The summed E-state index contributed by atoms with van der Waals surface area (Å²) in [6.45, 7) is 2.83. The Kier molecular flexibility index (Phi) is 2.18. The summed E-state index contributed by atoms with van der Waals surface area (Å²) < 4.78 is 6.07. The van der Waals surface area contributed by atoms with E-state index in [1.54, 1.807) is 0 Å². The Hall–Kier alpha value is -0.380. The lowest BCUT2D eigenvalue weighted by Gasteiger charge is -2.36. The molecule has 0 radical (unpaired) electrons. The van der Waals surface area contributed by atoms with E-state index in [1.807, 2.05) is 25.1 Å². The van der Waals surface area contributed by atoms with Crippen LogP contribution in [0, 0.1) is 6.92 Å². The molecule has 1 aromatic rings. The van der Waals surface area contributed by atoms with Crippen molar-refractivity contribution in [2.75, 3.05) is 13.2 Å². The molecule has 0 unspecified atom stereocenters. The first-order valence-electron chi connectivity index (χ1n) is 4.19. The first-order valence-corrected chi connectivity index (χ1v) is 4.98. The maximum absolute atomic E-state index is 9.96. The molecule has 70 valence electrons. The third-order valence-electron chi connectivity index (χ3n) is 2.38. The largest absolute Gasteiger partial charge is 0.380 e. The Labute approximate surface area is 85.7 Å². The van der Waals surface area contributed by atoms with Crippen molar-refractivity contribution in [3.05, 3.63) is 33.8 Å². The summed E-state index contributed by atoms with van der Waals surface area (Å²) in [5.41, 5.74) is 1.34. The number of aliphatic hydroxyl groups is 1. The molecule has 1 aliphatic heterocycles. The fourth-order valence-electron chi connectivity index (χ4n) is 1.40. The molecule has 0 bridgehead atoms. The van der Waals surface area contributed by atoms with Crippen LogP contribution in [0.15, 0.2) is 22.7 Å². The molecule has 1 fully saturated rings. The monoisotopic (exact) mass is 242 g/mol. The number of aryl methyl sites for hydroxylation is 1. The quantitative estimate of drug-likeness (QED) is 0.817. The predicted octanol–water partition coefficient (Wildman–Crippen LogP) is 1.98. The molecule has 0 spiro atoms. The van der Waals surface area contributed by atoms with Gasteiger partial charge < -0.3 is 9.84 Å². The van der Waals surface area contributed by atoms with Gasteiger partial charge in [0.15, 0.2) is 0 Å². The van der Waals surface area contributed by atoms with Gasteiger partial charge in [-0.15, -0.1) is 0 Å². The van der Waals surface area contributed by atoms with Gasteiger partial charge in [0.05, 0.1) is 13.2 Å². The highest BCUT2D eigenvalue weighted by atomic mass is 79.9. The van der Waals surface area contributed by atoms with Crippen LogP contribution in [0.2, 0.25) is 0 Å².